The molecule has 2 aromatic heterocycles. The van der Waals surface area contributed by atoms with Crippen molar-refractivity contribution in [2.24, 2.45) is 0 Å². The molecule has 1 unspecified atom stereocenters. The van der Waals surface area contributed by atoms with E-state index >= 15 is 0 Å². The molecule has 9 heteroatoms. The van der Waals surface area contributed by atoms with Gasteiger partial charge in [-0.25, -0.2) is 4.39 Å². The van der Waals surface area contributed by atoms with E-state index in [9.17, 15) is 18.8 Å². The molecule has 0 fully saturated rings. The molecule has 0 saturated carbocycles. The lowest BCUT2D eigenvalue weighted by atomic mass is 10.0. The van der Waals surface area contributed by atoms with E-state index in [1.54, 1.807) is 12.3 Å². The number of hydrogen-bond acceptors (Lipinski definition) is 3. The van der Waals surface area contributed by atoms with Gasteiger partial charge in [0.05, 0.1) is 4.47 Å². The minimum Gasteiger partial charge on any atom is -0.365 e. The van der Waals surface area contributed by atoms with Crippen LogP contribution < -0.4 is 16.1 Å². The summed E-state index contributed by atoms with van der Waals surface area (Å²) in [7, 11) is 0. The fraction of sp³-hybridized carbons (Fsp3) is 0.167. The predicted molar refractivity (Wildman–Crippen MR) is 103 cm³/mol. The van der Waals surface area contributed by atoms with Gasteiger partial charge in [-0.1, -0.05) is 0 Å². The van der Waals surface area contributed by atoms with Gasteiger partial charge in [0.25, 0.3) is 0 Å². The fourth-order valence-corrected chi connectivity index (χ4v) is 3.12. The standard InChI is InChI=1S/C18H16BrFN4O3/c1-9(25)23-15(18(27)24-16-8-21-7-13(19)17(16)26)4-10-6-22-14-5-11(20)2-3-12(10)14/h2-3,5-8,15,22H,4H2,1H3,(H,21,26)(H,23,25)(H,24,27). The Kier molecular flexibility index (Phi) is 5.41. The van der Waals surface area contributed by atoms with E-state index < -0.39 is 11.9 Å². The van der Waals surface area contributed by atoms with Gasteiger partial charge in [0.1, 0.15) is 17.5 Å². The number of anilines is 1. The molecule has 1 atom stereocenters. The molecule has 0 aliphatic rings. The van der Waals surface area contributed by atoms with Crippen LogP contribution in [0, 0.1) is 5.82 Å². The molecule has 0 bridgehead atoms. The molecule has 140 valence electrons. The Bertz CT molecular complexity index is 1080. The van der Waals surface area contributed by atoms with E-state index in [2.05, 4.69) is 36.5 Å². The Hall–Kier alpha value is -2.94. The average Bonchev–Trinajstić information content (AvgIpc) is 3.00. The molecule has 0 radical (unpaired) electrons. The Balaban J connectivity index is 1.86. The third kappa shape index (κ3) is 4.25. The highest BCUT2D eigenvalue weighted by molar-refractivity contribution is 9.10. The van der Waals surface area contributed by atoms with Gasteiger partial charge in [-0.3, -0.25) is 14.4 Å². The van der Waals surface area contributed by atoms with Crippen LogP contribution in [0.25, 0.3) is 10.9 Å². The second kappa shape index (κ2) is 7.75. The normalized spacial score (nSPS) is 12.0. The lowest BCUT2D eigenvalue weighted by molar-refractivity contribution is -0.125. The number of benzene rings is 1. The Morgan fingerprint density at radius 3 is 2.78 bits per heavy atom. The van der Waals surface area contributed by atoms with Crippen molar-refractivity contribution in [2.45, 2.75) is 19.4 Å². The zero-order chi connectivity index (χ0) is 19.6. The summed E-state index contributed by atoms with van der Waals surface area (Å²) in [6.45, 7) is 1.30. The predicted octanol–water partition coefficient (Wildman–Crippen LogP) is 2.44. The average molecular weight is 435 g/mol. The van der Waals surface area contributed by atoms with Gasteiger partial charge < -0.3 is 20.6 Å². The molecule has 0 aliphatic carbocycles. The molecule has 4 N–H and O–H groups in total. The highest BCUT2D eigenvalue weighted by atomic mass is 79.9. The summed E-state index contributed by atoms with van der Waals surface area (Å²) < 4.78 is 13.6. The first kappa shape index (κ1) is 18.8. The zero-order valence-electron chi connectivity index (χ0n) is 14.2. The van der Waals surface area contributed by atoms with Gasteiger partial charge in [-0.05, 0) is 39.7 Å². The third-order valence-corrected chi connectivity index (χ3v) is 4.59. The van der Waals surface area contributed by atoms with Crippen LogP contribution >= 0.6 is 15.9 Å². The van der Waals surface area contributed by atoms with Crippen LogP contribution in [0.2, 0.25) is 0 Å². The van der Waals surface area contributed by atoms with Crippen LogP contribution in [0.1, 0.15) is 12.5 Å². The number of hydrogen-bond donors (Lipinski definition) is 4. The first-order valence-electron chi connectivity index (χ1n) is 8.05. The number of fused-ring (bicyclic) bond motifs is 1. The second-order valence-corrected chi connectivity index (χ2v) is 6.85. The molecule has 0 spiro atoms. The van der Waals surface area contributed by atoms with Crippen molar-refractivity contribution in [3.8, 4) is 0 Å². The number of H-pyrrole nitrogens is 2. The molecular weight excluding hydrogens is 419 g/mol. The summed E-state index contributed by atoms with van der Waals surface area (Å²) in [5.74, 6) is -1.30. The number of halogens is 2. The van der Waals surface area contributed by atoms with Crippen LogP contribution in [-0.4, -0.2) is 27.8 Å². The van der Waals surface area contributed by atoms with E-state index in [1.165, 1.54) is 31.5 Å². The highest BCUT2D eigenvalue weighted by Gasteiger charge is 2.22. The molecule has 7 nitrogen and oxygen atoms in total. The van der Waals surface area contributed by atoms with E-state index in [0.717, 1.165) is 10.9 Å². The summed E-state index contributed by atoms with van der Waals surface area (Å²) in [6, 6.07) is 3.38. The number of aromatic amines is 2. The summed E-state index contributed by atoms with van der Waals surface area (Å²) in [5, 5.41) is 5.86. The number of amides is 2. The van der Waals surface area contributed by atoms with Gasteiger partial charge in [-0.2, -0.15) is 0 Å². The quantitative estimate of drug-likeness (QED) is 0.495. The van der Waals surface area contributed by atoms with Crippen LogP contribution in [0.15, 0.2) is 46.1 Å². The van der Waals surface area contributed by atoms with E-state index in [4.69, 9.17) is 0 Å². The maximum absolute atomic E-state index is 13.3. The van der Waals surface area contributed by atoms with Gasteiger partial charge in [-0.15, -0.1) is 0 Å². The van der Waals surface area contributed by atoms with E-state index in [-0.39, 0.29) is 33.7 Å². The van der Waals surface area contributed by atoms with Gasteiger partial charge in [0.2, 0.25) is 17.2 Å². The van der Waals surface area contributed by atoms with Crippen LogP contribution in [-0.2, 0) is 16.0 Å². The molecule has 3 rings (SSSR count). The number of pyridine rings is 1. The van der Waals surface area contributed by atoms with Crippen LogP contribution in [0.4, 0.5) is 10.1 Å². The van der Waals surface area contributed by atoms with Gasteiger partial charge in [0, 0.05) is 42.8 Å². The third-order valence-electron chi connectivity index (χ3n) is 4.00. The Morgan fingerprint density at radius 1 is 1.26 bits per heavy atom. The SMILES string of the molecule is CC(=O)NC(Cc1c[nH]c2cc(F)ccc12)C(=O)Nc1c[nH]cc(Br)c1=O. The zero-order valence-corrected chi connectivity index (χ0v) is 15.8. The van der Waals surface area contributed by atoms with Gasteiger partial charge >= 0.3 is 0 Å². The fourth-order valence-electron chi connectivity index (χ4n) is 2.77. The minimum atomic E-state index is -0.912. The van der Waals surface area contributed by atoms with Crippen molar-refractivity contribution in [1.29, 1.82) is 0 Å². The topological polar surface area (TPSA) is 107 Å². The van der Waals surface area contributed by atoms with Gasteiger partial charge in [0.15, 0.2) is 0 Å². The van der Waals surface area contributed by atoms with Crippen molar-refractivity contribution in [3.05, 3.63) is 62.9 Å². The molecule has 2 heterocycles. The number of nitrogens with one attached hydrogen (secondary N) is 4. The van der Waals surface area contributed by atoms with Crippen molar-refractivity contribution in [2.75, 3.05) is 5.32 Å². The number of carbonyl (C=O) groups is 2. The smallest absolute Gasteiger partial charge is 0.247 e. The summed E-state index contributed by atoms with van der Waals surface area (Å²) >= 11 is 3.10. The first-order chi connectivity index (χ1) is 12.8. The summed E-state index contributed by atoms with van der Waals surface area (Å²) in [6.07, 6.45) is 4.65. The van der Waals surface area contributed by atoms with Crippen molar-refractivity contribution in [3.63, 3.8) is 0 Å². The van der Waals surface area contributed by atoms with E-state index in [0.29, 0.717) is 5.52 Å². The summed E-state index contributed by atoms with van der Waals surface area (Å²) in [5.41, 5.74) is 1.01. The van der Waals surface area contributed by atoms with Crippen LogP contribution in [0.5, 0.6) is 0 Å². The van der Waals surface area contributed by atoms with Crippen LogP contribution in [0.3, 0.4) is 0 Å². The molecule has 27 heavy (non-hydrogen) atoms. The Morgan fingerprint density at radius 2 is 2.04 bits per heavy atom. The molecule has 2 amide bonds. The van der Waals surface area contributed by atoms with Crippen molar-refractivity contribution in [1.82, 2.24) is 15.3 Å². The summed E-state index contributed by atoms with van der Waals surface area (Å²) in [4.78, 5) is 42.0. The first-order valence-corrected chi connectivity index (χ1v) is 8.84. The maximum atomic E-state index is 13.3. The molecule has 0 saturated heterocycles. The number of carbonyl (C=O) groups excluding carboxylic acids is 2. The van der Waals surface area contributed by atoms with E-state index in [1.807, 2.05) is 0 Å². The highest BCUT2D eigenvalue weighted by Crippen LogP contribution is 2.21. The van der Waals surface area contributed by atoms with Crippen molar-refractivity contribution < 1.29 is 14.0 Å². The molecular formula is C18H16BrFN4O3. The number of rotatable bonds is 5. The number of aromatic nitrogens is 2. The molecule has 1 aromatic carbocycles. The lowest BCUT2D eigenvalue weighted by Gasteiger charge is -2.17. The Labute approximate surface area is 161 Å². The molecule has 0 aliphatic heterocycles. The second-order valence-electron chi connectivity index (χ2n) is 6.00. The monoisotopic (exact) mass is 434 g/mol. The lowest BCUT2D eigenvalue weighted by Crippen LogP contribution is -2.44. The molecule has 3 aromatic rings. The minimum absolute atomic E-state index is 0.0609. The maximum Gasteiger partial charge on any atom is 0.247 e. The van der Waals surface area contributed by atoms with Crippen molar-refractivity contribution >= 4 is 44.3 Å². The largest absolute Gasteiger partial charge is 0.365 e.